The highest BCUT2D eigenvalue weighted by Gasteiger charge is 2.26. The second-order valence-electron chi connectivity index (χ2n) is 6.95. The SMILES string of the molecule is COc1cc([C@@H](O)[C@@H](COC(C)=O)Oc2ccc(/C=C/COC(C)=O)cc2OC)ccc1O. The van der Waals surface area contributed by atoms with Crippen molar-refractivity contribution in [2.75, 3.05) is 27.4 Å². The first-order valence-electron chi connectivity index (χ1n) is 10.1. The van der Waals surface area contributed by atoms with E-state index < -0.39 is 18.2 Å². The number of methoxy groups -OCH3 is 2. The van der Waals surface area contributed by atoms with Gasteiger partial charge in [0.25, 0.3) is 0 Å². The fourth-order valence-electron chi connectivity index (χ4n) is 2.88. The molecule has 0 bridgehead atoms. The quantitative estimate of drug-likeness (QED) is 0.487. The van der Waals surface area contributed by atoms with Gasteiger partial charge in [-0.1, -0.05) is 18.2 Å². The maximum absolute atomic E-state index is 11.4. The van der Waals surface area contributed by atoms with E-state index in [-0.39, 0.29) is 30.7 Å². The van der Waals surface area contributed by atoms with Crippen LogP contribution < -0.4 is 14.2 Å². The van der Waals surface area contributed by atoms with Gasteiger partial charge in [-0.15, -0.1) is 0 Å². The molecule has 9 nitrogen and oxygen atoms in total. The number of ether oxygens (including phenoxy) is 5. The molecule has 2 atom stereocenters. The summed E-state index contributed by atoms with van der Waals surface area (Å²) in [4.78, 5) is 22.2. The van der Waals surface area contributed by atoms with Crippen LogP contribution in [0, 0.1) is 0 Å². The summed E-state index contributed by atoms with van der Waals surface area (Å²) >= 11 is 0. The van der Waals surface area contributed by atoms with Gasteiger partial charge in [-0.3, -0.25) is 9.59 Å². The van der Waals surface area contributed by atoms with Gasteiger partial charge in [0.1, 0.15) is 19.3 Å². The third kappa shape index (κ3) is 7.73. The zero-order chi connectivity index (χ0) is 24.4. The van der Waals surface area contributed by atoms with E-state index in [1.54, 1.807) is 30.4 Å². The lowest BCUT2D eigenvalue weighted by Gasteiger charge is -2.25. The van der Waals surface area contributed by atoms with Gasteiger partial charge in [0.15, 0.2) is 29.1 Å². The summed E-state index contributed by atoms with van der Waals surface area (Å²) < 4.78 is 26.4. The first-order valence-corrected chi connectivity index (χ1v) is 10.1. The van der Waals surface area contributed by atoms with Crippen LogP contribution in [0.25, 0.3) is 6.08 Å². The average molecular weight is 460 g/mol. The predicted octanol–water partition coefficient (Wildman–Crippen LogP) is 3.03. The van der Waals surface area contributed by atoms with Gasteiger partial charge in [0, 0.05) is 13.8 Å². The van der Waals surface area contributed by atoms with Gasteiger partial charge in [-0.2, -0.15) is 0 Å². The van der Waals surface area contributed by atoms with E-state index in [0.29, 0.717) is 17.1 Å². The number of carbonyl (C=O) groups is 2. The van der Waals surface area contributed by atoms with Gasteiger partial charge in [0.05, 0.1) is 14.2 Å². The lowest BCUT2D eigenvalue weighted by molar-refractivity contribution is -0.145. The van der Waals surface area contributed by atoms with E-state index >= 15 is 0 Å². The predicted molar refractivity (Wildman–Crippen MR) is 119 cm³/mol. The molecule has 0 radical (unpaired) electrons. The van der Waals surface area contributed by atoms with Crippen LogP contribution in [0.2, 0.25) is 0 Å². The summed E-state index contributed by atoms with van der Waals surface area (Å²) in [7, 11) is 2.86. The molecule has 178 valence electrons. The lowest BCUT2D eigenvalue weighted by atomic mass is 10.0. The zero-order valence-electron chi connectivity index (χ0n) is 18.9. The fourth-order valence-corrected chi connectivity index (χ4v) is 2.88. The van der Waals surface area contributed by atoms with Crippen LogP contribution >= 0.6 is 0 Å². The Morgan fingerprint density at radius 2 is 1.64 bits per heavy atom. The number of phenols is 1. The highest BCUT2D eigenvalue weighted by atomic mass is 16.6. The van der Waals surface area contributed by atoms with Crippen molar-refractivity contribution in [2.24, 2.45) is 0 Å². The lowest BCUT2D eigenvalue weighted by Crippen LogP contribution is -2.31. The standard InChI is InChI=1S/C24H28O9/c1-15(25)31-11-5-6-17-7-10-20(22(12-17)30-4)33-23(14-32-16(2)26)24(28)18-8-9-19(27)21(13-18)29-3/h5-10,12-13,23-24,27-28H,11,14H2,1-4H3/b6-5+/t23-,24-/m1/s1. The van der Waals surface area contributed by atoms with Crippen molar-refractivity contribution < 1.29 is 43.5 Å². The van der Waals surface area contributed by atoms with E-state index in [0.717, 1.165) is 5.56 Å². The Morgan fingerprint density at radius 1 is 0.939 bits per heavy atom. The first-order chi connectivity index (χ1) is 15.7. The Labute approximate surface area is 192 Å². The molecule has 0 unspecified atom stereocenters. The molecule has 9 heteroatoms. The Balaban J connectivity index is 2.26. The minimum Gasteiger partial charge on any atom is -0.504 e. The summed E-state index contributed by atoms with van der Waals surface area (Å²) in [5.41, 5.74) is 1.16. The smallest absolute Gasteiger partial charge is 0.302 e. The summed E-state index contributed by atoms with van der Waals surface area (Å²) in [6, 6.07) is 9.48. The fraction of sp³-hybridized carbons (Fsp3) is 0.333. The van der Waals surface area contributed by atoms with Crippen molar-refractivity contribution in [1.82, 2.24) is 0 Å². The number of benzene rings is 2. The van der Waals surface area contributed by atoms with Gasteiger partial charge in [-0.05, 0) is 41.5 Å². The van der Waals surface area contributed by atoms with Crippen LogP contribution in [0.15, 0.2) is 42.5 Å². The first kappa shape index (κ1) is 25.5. The maximum Gasteiger partial charge on any atom is 0.302 e. The number of carbonyl (C=O) groups excluding carboxylic acids is 2. The number of rotatable bonds is 11. The second kappa shape index (κ2) is 12.4. The molecule has 2 rings (SSSR count). The van der Waals surface area contributed by atoms with E-state index in [4.69, 9.17) is 23.7 Å². The third-order valence-electron chi connectivity index (χ3n) is 4.51. The Hall–Kier alpha value is -3.72. The number of hydrogen-bond acceptors (Lipinski definition) is 9. The molecule has 0 aliphatic carbocycles. The van der Waals surface area contributed by atoms with Crippen molar-refractivity contribution in [1.29, 1.82) is 0 Å². The van der Waals surface area contributed by atoms with Crippen molar-refractivity contribution in [3.05, 3.63) is 53.6 Å². The molecular formula is C24H28O9. The van der Waals surface area contributed by atoms with Crippen molar-refractivity contribution in [3.8, 4) is 23.0 Å². The molecule has 0 aliphatic rings. The molecule has 2 aromatic rings. The average Bonchev–Trinajstić information content (AvgIpc) is 2.79. The number of aliphatic hydroxyl groups excluding tert-OH is 1. The van der Waals surface area contributed by atoms with E-state index in [1.807, 2.05) is 0 Å². The third-order valence-corrected chi connectivity index (χ3v) is 4.51. The second-order valence-corrected chi connectivity index (χ2v) is 6.95. The van der Waals surface area contributed by atoms with E-state index in [9.17, 15) is 19.8 Å². The van der Waals surface area contributed by atoms with Gasteiger partial charge in [0.2, 0.25) is 0 Å². The summed E-state index contributed by atoms with van der Waals surface area (Å²) in [6.07, 6.45) is 1.24. The monoisotopic (exact) mass is 460 g/mol. The molecule has 0 heterocycles. The number of aromatic hydroxyl groups is 1. The molecule has 2 N–H and O–H groups in total. The molecule has 0 spiro atoms. The molecule has 0 aromatic heterocycles. The maximum atomic E-state index is 11.4. The molecular weight excluding hydrogens is 432 g/mol. The van der Waals surface area contributed by atoms with Crippen molar-refractivity contribution >= 4 is 18.0 Å². The molecule has 0 aliphatic heterocycles. The molecule has 0 saturated carbocycles. The van der Waals surface area contributed by atoms with Crippen LogP contribution in [-0.2, 0) is 19.1 Å². The molecule has 2 aromatic carbocycles. The molecule has 33 heavy (non-hydrogen) atoms. The van der Waals surface area contributed by atoms with Crippen molar-refractivity contribution in [3.63, 3.8) is 0 Å². The Kier molecular flexibility index (Phi) is 9.56. The number of hydrogen-bond donors (Lipinski definition) is 2. The van der Waals surface area contributed by atoms with Crippen LogP contribution in [0.4, 0.5) is 0 Å². The Bertz CT molecular complexity index is 984. The minimum absolute atomic E-state index is 0.0788. The number of phenolic OH excluding ortho intramolecular Hbond substituents is 1. The Morgan fingerprint density at radius 3 is 2.27 bits per heavy atom. The van der Waals surface area contributed by atoms with Crippen LogP contribution in [0.5, 0.6) is 23.0 Å². The molecule has 0 fully saturated rings. The van der Waals surface area contributed by atoms with Gasteiger partial charge < -0.3 is 33.9 Å². The van der Waals surface area contributed by atoms with Crippen LogP contribution in [0.3, 0.4) is 0 Å². The minimum atomic E-state index is -1.22. The van der Waals surface area contributed by atoms with Crippen molar-refractivity contribution in [2.45, 2.75) is 26.1 Å². The normalized spacial score (nSPS) is 12.6. The number of esters is 2. The van der Waals surface area contributed by atoms with E-state index in [1.165, 1.54) is 46.3 Å². The summed E-state index contributed by atoms with van der Waals surface area (Å²) in [5.74, 6) is -0.0985. The van der Waals surface area contributed by atoms with Crippen LogP contribution in [0.1, 0.15) is 31.1 Å². The van der Waals surface area contributed by atoms with E-state index in [2.05, 4.69) is 0 Å². The molecule has 0 amide bonds. The highest BCUT2D eigenvalue weighted by molar-refractivity contribution is 5.66. The zero-order valence-corrected chi connectivity index (χ0v) is 18.9. The summed E-state index contributed by atoms with van der Waals surface area (Å²) in [5, 5.41) is 20.7. The topological polar surface area (TPSA) is 121 Å². The van der Waals surface area contributed by atoms with Crippen LogP contribution in [-0.4, -0.2) is 55.7 Å². The van der Waals surface area contributed by atoms with Gasteiger partial charge in [-0.25, -0.2) is 0 Å². The molecule has 0 saturated heterocycles. The summed E-state index contributed by atoms with van der Waals surface area (Å²) in [6.45, 7) is 2.50. The largest absolute Gasteiger partial charge is 0.504 e. The highest BCUT2D eigenvalue weighted by Crippen LogP contribution is 2.34. The van der Waals surface area contributed by atoms with Gasteiger partial charge >= 0.3 is 11.9 Å². The number of aliphatic hydroxyl groups is 1.